The van der Waals surface area contributed by atoms with Gasteiger partial charge in [0, 0.05) is 34.8 Å². The van der Waals surface area contributed by atoms with E-state index >= 15 is 0 Å². The molecule has 1 aliphatic heterocycles. The number of ketones is 1. The molecule has 0 amide bonds. The highest BCUT2D eigenvalue weighted by Crippen LogP contribution is 2.40. The molecule has 0 aliphatic carbocycles. The number of methoxy groups -OCH3 is 1. The number of rotatable bonds is 6. The number of fused-ring (bicyclic) bond motifs is 2. The second-order valence-corrected chi connectivity index (χ2v) is 8.34. The van der Waals surface area contributed by atoms with Gasteiger partial charge in [0.15, 0.2) is 5.76 Å². The molecule has 0 bridgehead atoms. The van der Waals surface area contributed by atoms with Crippen molar-refractivity contribution in [3.63, 3.8) is 0 Å². The lowest BCUT2D eigenvalue weighted by molar-refractivity contribution is 0.101. The number of allylic oxidation sites excluding steroid dienone is 1. The highest BCUT2D eigenvalue weighted by Gasteiger charge is 2.29. The van der Waals surface area contributed by atoms with Crippen molar-refractivity contribution in [2.75, 3.05) is 27.7 Å². The summed E-state index contributed by atoms with van der Waals surface area (Å²) in [5.74, 6) is 0.884. The van der Waals surface area contributed by atoms with Gasteiger partial charge in [-0.05, 0) is 64.3 Å². The fourth-order valence-electron chi connectivity index (χ4n) is 3.96. The van der Waals surface area contributed by atoms with Crippen LogP contribution in [-0.2, 0) is 6.54 Å². The SMILES string of the molecule is COc1ccc2c(c1)c(C=C1Oc3cc(O)c(Cl)cc3C1=O)c(C)n2CCCN(C)C. The molecular weight excluding hydrogens is 416 g/mol. The van der Waals surface area contributed by atoms with Gasteiger partial charge in [0.2, 0.25) is 5.78 Å². The standard InChI is InChI=1S/C24H25ClN2O4/c1-14-16(12-23-24(29)18-11-19(25)21(28)13-22(18)31-23)17-10-15(30-4)6-7-20(17)27(14)9-5-8-26(2)3/h6-7,10-13,28H,5,8-9H2,1-4H3. The minimum Gasteiger partial charge on any atom is -0.506 e. The molecule has 1 aliphatic rings. The molecule has 1 N–H and O–H groups in total. The molecule has 7 heteroatoms. The zero-order chi connectivity index (χ0) is 22.3. The molecule has 0 spiro atoms. The van der Waals surface area contributed by atoms with Gasteiger partial charge >= 0.3 is 0 Å². The first kappa shape index (κ1) is 21.3. The minimum absolute atomic E-state index is 0.118. The van der Waals surface area contributed by atoms with Gasteiger partial charge in [0.25, 0.3) is 0 Å². The average molecular weight is 441 g/mol. The third-order valence-corrected chi connectivity index (χ3v) is 5.88. The van der Waals surface area contributed by atoms with Crippen LogP contribution in [0.15, 0.2) is 36.1 Å². The predicted molar refractivity (Wildman–Crippen MR) is 122 cm³/mol. The number of halogens is 1. The van der Waals surface area contributed by atoms with Crippen LogP contribution in [0.4, 0.5) is 0 Å². The number of hydrogen-bond acceptors (Lipinski definition) is 5. The van der Waals surface area contributed by atoms with Crippen LogP contribution in [0.5, 0.6) is 17.2 Å². The van der Waals surface area contributed by atoms with Crippen molar-refractivity contribution in [2.24, 2.45) is 0 Å². The van der Waals surface area contributed by atoms with Crippen LogP contribution in [0.2, 0.25) is 5.02 Å². The van der Waals surface area contributed by atoms with Crippen LogP contribution < -0.4 is 9.47 Å². The monoisotopic (exact) mass is 440 g/mol. The summed E-state index contributed by atoms with van der Waals surface area (Å²) in [5, 5.41) is 11.0. The number of benzene rings is 2. The number of carbonyl (C=O) groups excluding carboxylic acids is 1. The molecule has 0 saturated heterocycles. The van der Waals surface area contributed by atoms with Crippen LogP contribution in [0, 0.1) is 6.92 Å². The van der Waals surface area contributed by atoms with Crippen LogP contribution in [0.1, 0.15) is 28.0 Å². The molecule has 0 unspecified atom stereocenters. The number of phenols is 1. The Morgan fingerprint density at radius 2 is 2.03 bits per heavy atom. The van der Waals surface area contributed by atoms with Crippen molar-refractivity contribution in [2.45, 2.75) is 19.9 Å². The van der Waals surface area contributed by atoms with Crippen LogP contribution in [0.25, 0.3) is 17.0 Å². The maximum Gasteiger partial charge on any atom is 0.232 e. The van der Waals surface area contributed by atoms with Gasteiger partial charge < -0.3 is 24.0 Å². The Hall–Kier alpha value is -2.96. The topological polar surface area (TPSA) is 63.9 Å². The zero-order valence-corrected chi connectivity index (χ0v) is 18.8. The van der Waals surface area contributed by atoms with Crippen molar-refractivity contribution in [1.82, 2.24) is 9.47 Å². The normalized spacial score (nSPS) is 14.5. The molecule has 162 valence electrons. The Balaban J connectivity index is 1.80. The molecule has 2 heterocycles. The van der Waals surface area contributed by atoms with Crippen LogP contribution in [0.3, 0.4) is 0 Å². The number of phenolic OH excluding ortho intramolecular Hbond substituents is 1. The molecule has 31 heavy (non-hydrogen) atoms. The van der Waals surface area contributed by atoms with Gasteiger partial charge in [0.05, 0.1) is 17.7 Å². The maximum absolute atomic E-state index is 12.9. The van der Waals surface area contributed by atoms with Gasteiger partial charge in [0.1, 0.15) is 17.2 Å². The number of aryl methyl sites for hydroxylation is 1. The number of carbonyl (C=O) groups is 1. The third kappa shape index (κ3) is 3.89. The fraction of sp³-hybridized carbons (Fsp3) is 0.292. The van der Waals surface area contributed by atoms with Gasteiger partial charge in [-0.2, -0.15) is 0 Å². The number of Topliss-reactive ketones (excluding diaryl/α,β-unsaturated/α-hetero) is 1. The minimum atomic E-state index is -0.257. The molecule has 3 aromatic rings. The maximum atomic E-state index is 12.9. The van der Waals surface area contributed by atoms with Gasteiger partial charge in [-0.15, -0.1) is 0 Å². The summed E-state index contributed by atoms with van der Waals surface area (Å²) in [6.07, 6.45) is 2.77. The second-order valence-electron chi connectivity index (χ2n) is 7.93. The summed E-state index contributed by atoms with van der Waals surface area (Å²) in [7, 11) is 5.76. The van der Waals surface area contributed by atoms with E-state index in [1.807, 2.05) is 25.1 Å². The van der Waals surface area contributed by atoms with Gasteiger partial charge in [-0.1, -0.05) is 11.6 Å². The Labute approximate surface area is 186 Å². The van der Waals surface area contributed by atoms with E-state index in [1.165, 1.54) is 12.1 Å². The molecule has 0 fully saturated rings. The number of ether oxygens (including phenoxy) is 2. The van der Waals surface area contributed by atoms with E-state index in [2.05, 4.69) is 23.6 Å². The van der Waals surface area contributed by atoms with E-state index in [9.17, 15) is 9.90 Å². The summed E-state index contributed by atoms with van der Waals surface area (Å²) in [6.45, 7) is 3.88. The van der Waals surface area contributed by atoms with E-state index < -0.39 is 0 Å². The Morgan fingerprint density at radius 1 is 1.26 bits per heavy atom. The van der Waals surface area contributed by atoms with Gasteiger partial charge in [-0.25, -0.2) is 0 Å². The van der Waals surface area contributed by atoms with Crippen LogP contribution in [-0.4, -0.2) is 48.1 Å². The largest absolute Gasteiger partial charge is 0.506 e. The second kappa shape index (κ2) is 8.29. The third-order valence-electron chi connectivity index (χ3n) is 5.58. The highest BCUT2D eigenvalue weighted by molar-refractivity contribution is 6.33. The number of aromatic nitrogens is 1. The Kier molecular flexibility index (Phi) is 5.69. The van der Waals surface area contributed by atoms with Crippen molar-refractivity contribution in [3.8, 4) is 17.2 Å². The van der Waals surface area contributed by atoms with Crippen LogP contribution >= 0.6 is 11.6 Å². The summed E-state index contributed by atoms with van der Waals surface area (Å²) < 4.78 is 13.5. The Bertz CT molecular complexity index is 1210. The van der Waals surface area contributed by atoms with Crippen molar-refractivity contribution < 1.29 is 19.4 Å². The lowest BCUT2D eigenvalue weighted by Gasteiger charge is -2.12. The fourth-order valence-corrected chi connectivity index (χ4v) is 4.12. The molecule has 0 saturated carbocycles. The molecule has 6 nitrogen and oxygen atoms in total. The first-order valence-corrected chi connectivity index (χ1v) is 10.5. The molecule has 2 aromatic carbocycles. The Morgan fingerprint density at radius 3 is 2.74 bits per heavy atom. The number of aromatic hydroxyl groups is 1. The first-order valence-electron chi connectivity index (χ1n) is 10.1. The zero-order valence-electron chi connectivity index (χ0n) is 18.0. The molecular formula is C24H25ClN2O4. The van der Waals surface area contributed by atoms with Crippen molar-refractivity contribution >= 4 is 34.4 Å². The summed E-state index contributed by atoms with van der Waals surface area (Å²) in [4.78, 5) is 15.1. The lowest BCUT2D eigenvalue weighted by atomic mass is 10.1. The van der Waals surface area contributed by atoms with E-state index in [4.69, 9.17) is 21.1 Å². The molecule has 0 radical (unpaired) electrons. The van der Waals surface area contributed by atoms with Crippen molar-refractivity contribution in [1.29, 1.82) is 0 Å². The highest BCUT2D eigenvalue weighted by atomic mass is 35.5. The average Bonchev–Trinajstić information content (AvgIpc) is 3.17. The first-order chi connectivity index (χ1) is 14.8. The van der Waals surface area contributed by atoms with E-state index in [0.717, 1.165) is 47.4 Å². The number of hydrogen-bond donors (Lipinski definition) is 1. The molecule has 1 aromatic heterocycles. The molecule has 0 atom stereocenters. The quantitative estimate of drug-likeness (QED) is 0.553. The summed E-state index contributed by atoms with van der Waals surface area (Å²) in [5.41, 5.74) is 3.37. The summed E-state index contributed by atoms with van der Waals surface area (Å²) >= 11 is 5.98. The van der Waals surface area contributed by atoms with E-state index in [0.29, 0.717) is 11.3 Å². The molecule has 4 rings (SSSR count). The smallest absolute Gasteiger partial charge is 0.232 e. The van der Waals surface area contributed by atoms with E-state index in [1.54, 1.807) is 13.2 Å². The lowest BCUT2D eigenvalue weighted by Crippen LogP contribution is -2.15. The predicted octanol–water partition coefficient (Wildman–Crippen LogP) is 4.89. The summed E-state index contributed by atoms with van der Waals surface area (Å²) in [6, 6.07) is 8.78. The van der Waals surface area contributed by atoms with Gasteiger partial charge in [-0.3, -0.25) is 4.79 Å². The van der Waals surface area contributed by atoms with Crippen molar-refractivity contribution in [3.05, 3.63) is 57.9 Å². The van der Waals surface area contributed by atoms with E-state index in [-0.39, 0.29) is 22.3 Å². The number of nitrogens with zero attached hydrogens (tertiary/aromatic N) is 2.